The predicted octanol–water partition coefficient (Wildman–Crippen LogP) is 2.03. The highest BCUT2D eigenvalue weighted by molar-refractivity contribution is 5.39. The van der Waals surface area contributed by atoms with Crippen molar-refractivity contribution >= 4 is 0 Å². The van der Waals surface area contributed by atoms with Gasteiger partial charge in [-0.05, 0) is 36.5 Å². The molecule has 3 unspecified atom stereocenters. The lowest BCUT2D eigenvalue weighted by Crippen LogP contribution is -2.36. The van der Waals surface area contributed by atoms with E-state index in [4.69, 9.17) is 9.47 Å². The van der Waals surface area contributed by atoms with E-state index in [9.17, 15) is 0 Å². The van der Waals surface area contributed by atoms with E-state index in [0.29, 0.717) is 18.2 Å². The van der Waals surface area contributed by atoms with Crippen LogP contribution in [-0.4, -0.2) is 24.9 Å². The molecular weight excluding hydrogens is 226 g/mol. The van der Waals surface area contributed by atoms with Crippen molar-refractivity contribution in [1.82, 2.24) is 5.32 Å². The van der Waals surface area contributed by atoms with Crippen LogP contribution in [0.5, 0.6) is 5.75 Å². The van der Waals surface area contributed by atoms with Gasteiger partial charge in [-0.15, -0.1) is 0 Å². The third-order valence-electron chi connectivity index (χ3n) is 4.43. The Morgan fingerprint density at radius 1 is 1.28 bits per heavy atom. The molecule has 1 N–H and O–H groups in total. The van der Waals surface area contributed by atoms with Gasteiger partial charge in [0.05, 0.1) is 18.8 Å². The van der Waals surface area contributed by atoms with Crippen molar-refractivity contribution in [3.63, 3.8) is 0 Å². The number of ether oxygens (including phenoxy) is 2. The van der Waals surface area contributed by atoms with Crippen molar-refractivity contribution in [2.45, 2.75) is 50.5 Å². The highest BCUT2D eigenvalue weighted by Crippen LogP contribution is 2.34. The Morgan fingerprint density at radius 2 is 2.28 bits per heavy atom. The molecular formula is C15H19NO2. The molecule has 2 fully saturated rings. The van der Waals surface area contributed by atoms with Crippen LogP contribution in [0.4, 0.5) is 0 Å². The Balaban J connectivity index is 1.40. The van der Waals surface area contributed by atoms with Crippen LogP contribution < -0.4 is 10.1 Å². The lowest BCUT2D eigenvalue weighted by Gasteiger charge is -2.20. The smallest absolute Gasteiger partial charge is 0.122 e. The molecule has 2 saturated heterocycles. The Bertz CT molecular complexity index is 460. The first kappa shape index (κ1) is 10.8. The fourth-order valence-corrected chi connectivity index (χ4v) is 3.45. The maximum Gasteiger partial charge on any atom is 0.122 e. The van der Waals surface area contributed by atoms with Crippen molar-refractivity contribution in [2.24, 2.45) is 0 Å². The standard InChI is InChI=1S/C15H19NO2/c1-3-14-11(5-6-17-14)7-10(1)9-16-13-8-12-2-4-15(13)18-12/h1,3,7,12-13,15-16H,2,4-6,8-9H2. The minimum atomic E-state index is 0.466. The Labute approximate surface area is 107 Å². The van der Waals surface area contributed by atoms with Crippen LogP contribution >= 0.6 is 0 Å². The zero-order valence-corrected chi connectivity index (χ0v) is 10.5. The van der Waals surface area contributed by atoms with Gasteiger partial charge in [-0.25, -0.2) is 0 Å². The quantitative estimate of drug-likeness (QED) is 0.884. The van der Waals surface area contributed by atoms with Gasteiger partial charge in [-0.2, -0.15) is 0 Å². The molecule has 0 aromatic heterocycles. The number of hydrogen-bond acceptors (Lipinski definition) is 3. The molecule has 0 aliphatic carbocycles. The highest BCUT2D eigenvalue weighted by Gasteiger charge is 2.40. The van der Waals surface area contributed by atoms with Gasteiger partial charge in [-0.3, -0.25) is 0 Å². The van der Waals surface area contributed by atoms with Gasteiger partial charge in [0.2, 0.25) is 0 Å². The number of hydrogen-bond donors (Lipinski definition) is 1. The summed E-state index contributed by atoms with van der Waals surface area (Å²) in [6.07, 6.45) is 5.74. The summed E-state index contributed by atoms with van der Waals surface area (Å²) in [5, 5.41) is 3.65. The molecule has 18 heavy (non-hydrogen) atoms. The van der Waals surface area contributed by atoms with E-state index in [1.807, 2.05) is 0 Å². The summed E-state index contributed by atoms with van der Waals surface area (Å²) in [5.74, 6) is 1.07. The van der Waals surface area contributed by atoms with Gasteiger partial charge >= 0.3 is 0 Å². The molecule has 0 spiro atoms. The van der Waals surface area contributed by atoms with E-state index in [1.165, 1.54) is 30.4 Å². The zero-order valence-electron chi connectivity index (χ0n) is 10.5. The van der Waals surface area contributed by atoms with E-state index < -0.39 is 0 Å². The van der Waals surface area contributed by atoms with Gasteiger partial charge in [-0.1, -0.05) is 12.1 Å². The molecule has 1 aromatic rings. The zero-order chi connectivity index (χ0) is 11.9. The van der Waals surface area contributed by atoms with Crippen LogP contribution in [0, 0.1) is 0 Å². The van der Waals surface area contributed by atoms with Gasteiger partial charge in [0, 0.05) is 19.0 Å². The van der Waals surface area contributed by atoms with Crippen molar-refractivity contribution in [3.05, 3.63) is 29.3 Å². The first-order valence-electron chi connectivity index (χ1n) is 7.02. The third-order valence-corrected chi connectivity index (χ3v) is 4.43. The molecule has 0 radical (unpaired) electrons. The highest BCUT2D eigenvalue weighted by atomic mass is 16.5. The van der Waals surface area contributed by atoms with Crippen molar-refractivity contribution < 1.29 is 9.47 Å². The van der Waals surface area contributed by atoms with Crippen LogP contribution in [0.2, 0.25) is 0 Å². The van der Waals surface area contributed by atoms with Gasteiger partial charge < -0.3 is 14.8 Å². The molecule has 3 nitrogen and oxygen atoms in total. The van der Waals surface area contributed by atoms with Crippen LogP contribution in [0.3, 0.4) is 0 Å². The second-order valence-corrected chi connectivity index (χ2v) is 5.64. The van der Waals surface area contributed by atoms with E-state index in [1.54, 1.807) is 0 Å². The number of fused-ring (bicyclic) bond motifs is 3. The first-order valence-corrected chi connectivity index (χ1v) is 7.02. The number of rotatable bonds is 3. The predicted molar refractivity (Wildman–Crippen MR) is 68.8 cm³/mol. The number of benzene rings is 1. The minimum Gasteiger partial charge on any atom is -0.493 e. The molecule has 3 atom stereocenters. The van der Waals surface area contributed by atoms with Gasteiger partial charge in [0.1, 0.15) is 5.75 Å². The molecule has 96 valence electrons. The van der Waals surface area contributed by atoms with E-state index in [-0.39, 0.29) is 0 Å². The summed E-state index contributed by atoms with van der Waals surface area (Å²) in [6, 6.07) is 7.12. The largest absolute Gasteiger partial charge is 0.493 e. The molecule has 2 bridgehead atoms. The fourth-order valence-electron chi connectivity index (χ4n) is 3.45. The lowest BCUT2D eigenvalue weighted by molar-refractivity contribution is 0.0973. The van der Waals surface area contributed by atoms with Crippen LogP contribution in [-0.2, 0) is 17.7 Å². The molecule has 3 heterocycles. The topological polar surface area (TPSA) is 30.5 Å². The van der Waals surface area contributed by atoms with Gasteiger partial charge in [0.25, 0.3) is 0 Å². The SMILES string of the molecule is c1cc2c(cc1CNC1CC3CCC1O3)CCO2. The second kappa shape index (κ2) is 4.25. The van der Waals surface area contributed by atoms with E-state index in [2.05, 4.69) is 23.5 Å². The summed E-state index contributed by atoms with van der Waals surface area (Å²) in [5.41, 5.74) is 2.72. The molecule has 0 amide bonds. The summed E-state index contributed by atoms with van der Waals surface area (Å²) >= 11 is 0. The number of nitrogens with one attached hydrogen (secondary N) is 1. The Morgan fingerprint density at radius 3 is 3.11 bits per heavy atom. The molecule has 3 heteroatoms. The first-order chi connectivity index (χ1) is 8.88. The van der Waals surface area contributed by atoms with E-state index >= 15 is 0 Å². The lowest BCUT2D eigenvalue weighted by atomic mass is 9.95. The molecule has 4 rings (SSSR count). The Kier molecular flexibility index (Phi) is 2.55. The normalized spacial score (nSPS) is 32.6. The summed E-state index contributed by atoms with van der Waals surface area (Å²) < 4.78 is 11.4. The third kappa shape index (κ3) is 1.82. The van der Waals surface area contributed by atoms with Crippen molar-refractivity contribution in [3.8, 4) is 5.75 Å². The maximum atomic E-state index is 5.86. The fraction of sp³-hybridized carbons (Fsp3) is 0.600. The molecule has 0 saturated carbocycles. The average molecular weight is 245 g/mol. The average Bonchev–Trinajstić information content (AvgIpc) is 3.11. The minimum absolute atomic E-state index is 0.466. The molecule has 1 aromatic carbocycles. The van der Waals surface area contributed by atoms with Crippen LogP contribution in [0.25, 0.3) is 0 Å². The second-order valence-electron chi connectivity index (χ2n) is 5.64. The van der Waals surface area contributed by atoms with Gasteiger partial charge in [0.15, 0.2) is 0 Å². The summed E-state index contributed by atoms with van der Waals surface area (Å²) in [7, 11) is 0. The van der Waals surface area contributed by atoms with Crippen LogP contribution in [0.15, 0.2) is 18.2 Å². The molecule has 3 aliphatic rings. The Hall–Kier alpha value is -1.06. The summed E-state index contributed by atoms with van der Waals surface area (Å²) in [6.45, 7) is 1.79. The maximum absolute atomic E-state index is 5.86. The van der Waals surface area contributed by atoms with E-state index in [0.717, 1.165) is 25.3 Å². The summed E-state index contributed by atoms with van der Waals surface area (Å²) in [4.78, 5) is 0. The van der Waals surface area contributed by atoms with Crippen molar-refractivity contribution in [2.75, 3.05) is 6.61 Å². The monoisotopic (exact) mass is 245 g/mol. The molecule has 3 aliphatic heterocycles. The van der Waals surface area contributed by atoms with Crippen LogP contribution in [0.1, 0.15) is 30.4 Å². The van der Waals surface area contributed by atoms with Crippen molar-refractivity contribution in [1.29, 1.82) is 0 Å².